The van der Waals surface area contributed by atoms with Crippen molar-refractivity contribution in [3.05, 3.63) is 77.5 Å². The van der Waals surface area contributed by atoms with Crippen LogP contribution < -0.4 is 26.5 Å². The number of nitrogens with one attached hydrogen (secondary N) is 4. The van der Waals surface area contributed by atoms with Crippen LogP contribution in [0.3, 0.4) is 0 Å². The van der Waals surface area contributed by atoms with E-state index in [0.717, 1.165) is 21.8 Å². The zero-order chi connectivity index (χ0) is 22.2. The lowest BCUT2D eigenvalue weighted by Gasteiger charge is -2.10. The molecule has 31 heavy (non-hydrogen) atoms. The normalized spacial score (nSPS) is 13.1. The Labute approximate surface area is 181 Å². The van der Waals surface area contributed by atoms with Crippen molar-refractivity contribution >= 4 is 46.4 Å². The molecule has 0 saturated heterocycles. The molecule has 0 atom stereocenters. The van der Waals surface area contributed by atoms with Crippen LogP contribution in [-0.4, -0.2) is 21.2 Å². The molecule has 0 saturated carbocycles. The Balaban J connectivity index is 2.06. The number of para-hydroxylation sites is 1. The first-order valence-electron chi connectivity index (χ1n) is 9.97. The first kappa shape index (κ1) is 21.6. The van der Waals surface area contributed by atoms with Gasteiger partial charge >= 0.3 is 6.03 Å². The van der Waals surface area contributed by atoms with E-state index in [9.17, 15) is 4.79 Å². The van der Waals surface area contributed by atoms with E-state index >= 15 is 0 Å². The van der Waals surface area contributed by atoms with Crippen LogP contribution >= 0.6 is 0 Å². The molecule has 1 aromatic carbocycles. The number of amides is 2. The molecule has 0 fully saturated rings. The van der Waals surface area contributed by atoms with Crippen molar-refractivity contribution in [2.24, 2.45) is 0 Å². The molecule has 0 aliphatic heterocycles. The van der Waals surface area contributed by atoms with Crippen molar-refractivity contribution in [1.82, 2.24) is 20.5 Å². The lowest BCUT2D eigenvalue weighted by molar-refractivity contribution is 0.254. The largest absolute Gasteiger partial charge is 0.340 e. The molecule has 7 nitrogen and oxygen atoms in total. The van der Waals surface area contributed by atoms with Gasteiger partial charge in [-0.05, 0) is 39.0 Å². The van der Waals surface area contributed by atoms with Crippen molar-refractivity contribution in [2.75, 3.05) is 10.6 Å². The van der Waals surface area contributed by atoms with Gasteiger partial charge in [0.25, 0.3) is 0 Å². The number of fused-ring (bicyclic) bond motifs is 1. The molecule has 3 rings (SSSR count). The number of rotatable bonds is 6. The van der Waals surface area contributed by atoms with Gasteiger partial charge in [0.15, 0.2) is 5.82 Å². The molecule has 0 aliphatic carbocycles. The molecule has 3 aromatic rings. The molecular formula is C24H26N6O. The molecule has 7 heteroatoms. The summed E-state index contributed by atoms with van der Waals surface area (Å²) in [6, 6.07) is 9.33. The highest BCUT2D eigenvalue weighted by Crippen LogP contribution is 2.26. The fourth-order valence-corrected chi connectivity index (χ4v) is 3.14. The highest BCUT2D eigenvalue weighted by Gasteiger charge is 2.16. The lowest BCUT2D eigenvalue weighted by Crippen LogP contribution is -2.30. The maximum atomic E-state index is 12.6. The predicted octanol–water partition coefficient (Wildman–Crippen LogP) is 4.07. The molecule has 2 aromatic heterocycles. The van der Waals surface area contributed by atoms with E-state index in [0.29, 0.717) is 22.7 Å². The molecule has 0 unspecified atom stereocenters. The number of aromatic nitrogens is 3. The SMILES string of the molecule is C=C/C=C\C(=C/C)NC(=O)Nc1n[nH]c2c(=C/C)/c(=C\C)nc(Nc3ccccc3)c12. The van der Waals surface area contributed by atoms with E-state index in [1.165, 1.54) is 0 Å². The molecular weight excluding hydrogens is 388 g/mol. The summed E-state index contributed by atoms with van der Waals surface area (Å²) in [7, 11) is 0. The van der Waals surface area contributed by atoms with E-state index in [4.69, 9.17) is 4.98 Å². The Kier molecular flexibility index (Phi) is 7.01. The number of urea groups is 1. The first-order valence-corrected chi connectivity index (χ1v) is 9.97. The monoisotopic (exact) mass is 414 g/mol. The standard InChI is InChI=1S/C24H26N6O/c1-5-9-13-16(6-2)26-24(31)28-23-20-21(29-30-23)18(7-3)19(8-4)27-22(20)25-17-14-11-10-12-15-17/h5-15H,1H2,2-4H3,(H,25,27)(H3,26,28,29,30,31)/b13-9-,16-6+,18-7+,19-8+. The maximum absolute atomic E-state index is 12.6. The molecule has 4 N–H and O–H groups in total. The molecule has 2 amide bonds. The Morgan fingerprint density at radius 1 is 1.10 bits per heavy atom. The van der Waals surface area contributed by atoms with Crippen molar-refractivity contribution < 1.29 is 4.79 Å². The fraction of sp³-hybridized carbons (Fsp3) is 0.125. The topological polar surface area (TPSA) is 94.7 Å². The van der Waals surface area contributed by atoms with E-state index in [1.807, 2.05) is 63.3 Å². The number of nitrogens with zero attached hydrogens (tertiary/aromatic N) is 2. The molecule has 0 spiro atoms. The molecule has 0 radical (unpaired) electrons. The third kappa shape index (κ3) is 4.90. The van der Waals surface area contributed by atoms with Gasteiger partial charge in [-0.15, -0.1) is 0 Å². The van der Waals surface area contributed by atoms with Gasteiger partial charge in [-0.3, -0.25) is 10.4 Å². The number of anilines is 3. The zero-order valence-corrected chi connectivity index (χ0v) is 17.9. The number of hydrogen-bond donors (Lipinski definition) is 4. The minimum Gasteiger partial charge on any atom is -0.340 e. The highest BCUT2D eigenvalue weighted by molar-refractivity contribution is 6.05. The van der Waals surface area contributed by atoms with Gasteiger partial charge in [0.05, 0.1) is 16.3 Å². The zero-order valence-electron chi connectivity index (χ0n) is 17.9. The number of pyridine rings is 1. The summed E-state index contributed by atoms with van der Waals surface area (Å²) in [6.45, 7) is 9.36. The van der Waals surface area contributed by atoms with Gasteiger partial charge in [0, 0.05) is 16.6 Å². The van der Waals surface area contributed by atoms with Gasteiger partial charge in [0.1, 0.15) is 5.82 Å². The number of H-pyrrole nitrogens is 1. The van der Waals surface area contributed by atoms with Crippen LogP contribution in [0, 0.1) is 0 Å². The lowest BCUT2D eigenvalue weighted by atomic mass is 10.2. The summed E-state index contributed by atoms with van der Waals surface area (Å²) in [5.41, 5.74) is 2.31. The molecule has 2 heterocycles. The third-order valence-electron chi connectivity index (χ3n) is 4.59. The van der Waals surface area contributed by atoms with Gasteiger partial charge in [-0.25, -0.2) is 9.78 Å². The van der Waals surface area contributed by atoms with Crippen LogP contribution in [0.4, 0.5) is 22.1 Å². The van der Waals surface area contributed by atoms with E-state index in [2.05, 4.69) is 32.7 Å². The van der Waals surface area contributed by atoms with Crippen molar-refractivity contribution in [1.29, 1.82) is 0 Å². The van der Waals surface area contributed by atoms with Crippen molar-refractivity contribution in [3.63, 3.8) is 0 Å². The summed E-state index contributed by atoms with van der Waals surface area (Å²) < 4.78 is 0. The first-order chi connectivity index (χ1) is 15.1. The Bertz CT molecular complexity index is 1270. The second kappa shape index (κ2) is 10.1. The quantitative estimate of drug-likeness (QED) is 0.457. The number of allylic oxidation sites excluding steroid dienone is 4. The number of benzene rings is 1. The minimum atomic E-state index is -0.408. The van der Waals surface area contributed by atoms with Crippen LogP contribution in [0.15, 0.2) is 66.9 Å². The predicted molar refractivity (Wildman–Crippen MR) is 128 cm³/mol. The minimum absolute atomic E-state index is 0.382. The number of carbonyl (C=O) groups excluding carboxylic acids is 1. The van der Waals surface area contributed by atoms with Crippen LogP contribution in [0.5, 0.6) is 0 Å². The fourth-order valence-electron chi connectivity index (χ4n) is 3.14. The summed E-state index contributed by atoms with van der Waals surface area (Å²) in [4.78, 5) is 17.4. The van der Waals surface area contributed by atoms with Crippen LogP contribution in [0.2, 0.25) is 0 Å². The molecule has 158 valence electrons. The van der Waals surface area contributed by atoms with Gasteiger partial charge in [-0.2, -0.15) is 5.10 Å². The van der Waals surface area contributed by atoms with Crippen LogP contribution in [0.1, 0.15) is 20.8 Å². The average Bonchev–Trinajstić information content (AvgIpc) is 3.20. The number of hydrogen-bond acceptors (Lipinski definition) is 4. The van der Waals surface area contributed by atoms with Crippen LogP contribution in [0.25, 0.3) is 23.1 Å². The number of aromatic amines is 1. The van der Waals surface area contributed by atoms with E-state index < -0.39 is 6.03 Å². The van der Waals surface area contributed by atoms with Gasteiger partial charge in [0.2, 0.25) is 0 Å². The summed E-state index contributed by atoms with van der Waals surface area (Å²) in [5, 5.41) is 18.8. The number of carbonyl (C=O) groups is 1. The second-order valence-electron chi connectivity index (χ2n) is 6.57. The van der Waals surface area contributed by atoms with Gasteiger partial charge in [-0.1, -0.05) is 55.2 Å². The Morgan fingerprint density at radius 3 is 2.52 bits per heavy atom. The average molecular weight is 415 g/mol. The third-order valence-corrected chi connectivity index (χ3v) is 4.59. The smallest absolute Gasteiger partial charge is 0.324 e. The van der Waals surface area contributed by atoms with E-state index in [1.54, 1.807) is 24.3 Å². The van der Waals surface area contributed by atoms with Crippen LogP contribution in [-0.2, 0) is 0 Å². The summed E-state index contributed by atoms with van der Waals surface area (Å²) >= 11 is 0. The van der Waals surface area contributed by atoms with Gasteiger partial charge < -0.3 is 10.6 Å². The highest BCUT2D eigenvalue weighted by atomic mass is 16.2. The molecule has 0 bridgehead atoms. The second-order valence-corrected chi connectivity index (χ2v) is 6.57. The summed E-state index contributed by atoms with van der Waals surface area (Å²) in [5.74, 6) is 0.981. The Morgan fingerprint density at radius 2 is 1.87 bits per heavy atom. The summed E-state index contributed by atoms with van der Waals surface area (Å²) in [6.07, 6.45) is 10.8. The maximum Gasteiger partial charge on any atom is 0.324 e. The molecule has 0 aliphatic rings. The Hall–Kier alpha value is -4.13. The van der Waals surface area contributed by atoms with Crippen molar-refractivity contribution in [2.45, 2.75) is 20.8 Å². The van der Waals surface area contributed by atoms with E-state index in [-0.39, 0.29) is 0 Å². The van der Waals surface area contributed by atoms with Crippen molar-refractivity contribution in [3.8, 4) is 0 Å².